The minimum atomic E-state index is -0.122. The Labute approximate surface area is 146 Å². The third-order valence-electron chi connectivity index (χ3n) is 5.07. The first-order valence-corrected chi connectivity index (χ1v) is 8.94. The van der Waals surface area contributed by atoms with Crippen molar-refractivity contribution in [1.29, 1.82) is 5.26 Å². The SMILES string of the molecule is CCN(CC(C)C#N)C(=O)CN1CCCC1c1ccc(C)c(C)c1. The van der Waals surface area contributed by atoms with E-state index >= 15 is 0 Å². The molecule has 2 atom stereocenters. The fraction of sp³-hybridized carbons (Fsp3) is 0.600. The normalized spacial score (nSPS) is 19.0. The van der Waals surface area contributed by atoms with Crippen molar-refractivity contribution < 1.29 is 4.79 Å². The molecule has 2 rings (SSSR count). The predicted octanol–water partition coefficient (Wildman–Crippen LogP) is 3.45. The number of carbonyl (C=O) groups excluding carboxylic acids is 1. The summed E-state index contributed by atoms with van der Waals surface area (Å²) in [7, 11) is 0. The molecule has 1 fully saturated rings. The second-order valence-corrected chi connectivity index (χ2v) is 6.93. The Bertz CT molecular complexity index is 620. The van der Waals surface area contributed by atoms with Gasteiger partial charge in [-0.3, -0.25) is 9.69 Å². The molecule has 0 radical (unpaired) electrons. The molecule has 1 aromatic carbocycles. The van der Waals surface area contributed by atoms with Crippen molar-refractivity contribution in [2.24, 2.45) is 5.92 Å². The lowest BCUT2D eigenvalue weighted by Gasteiger charge is -2.29. The standard InChI is InChI=1S/C20H29N3O/c1-5-22(13-15(2)12-21)20(24)14-23-10-6-7-19(23)18-9-8-16(3)17(4)11-18/h8-9,11,15,19H,5-7,10,13-14H2,1-4H3. The minimum absolute atomic E-state index is 0.122. The van der Waals surface area contributed by atoms with Gasteiger partial charge >= 0.3 is 0 Å². The van der Waals surface area contributed by atoms with Crippen LogP contribution in [0.4, 0.5) is 0 Å². The fourth-order valence-corrected chi connectivity index (χ4v) is 3.42. The molecule has 0 aliphatic carbocycles. The van der Waals surface area contributed by atoms with E-state index in [0.717, 1.165) is 19.4 Å². The van der Waals surface area contributed by atoms with Crippen LogP contribution >= 0.6 is 0 Å². The molecule has 1 aromatic rings. The highest BCUT2D eigenvalue weighted by Crippen LogP contribution is 2.32. The van der Waals surface area contributed by atoms with Crippen LogP contribution in [0.5, 0.6) is 0 Å². The summed E-state index contributed by atoms with van der Waals surface area (Å²) in [6, 6.07) is 9.19. The van der Waals surface area contributed by atoms with Gasteiger partial charge in [0.25, 0.3) is 0 Å². The monoisotopic (exact) mass is 327 g/mol. The van der Waals surface area contributed by atoms with Crippen molar-refractivity contribution in [2.75, 3.05) is 26.2 Å². The largest absolute Gasteiger partial charge is 0.341 e. The first-order valence-electron chi connectivity index (χ1n) is 8.94. The lowest BCUT2D eigenvalue weighted by atomic mass is 9.99. The molecule has 24 heavy (non-hydrogen) atoms. The van der Waals surface area contributed by atoms with Gasteiger partial charge in [-0.15, -0.1) is 0 Å². The zero-order valence-electron chi connectivity index (χ0n) is 15.4. The Morgan fingerprint density at radius 2 is 2.17 bits per heavy atom. The number of amides is 1. The highest BCUT2D eigenvalue weighted by atomic mass is 16.2. The summed E-state index contributed by atoms with van der Waals surface area (Å²) in [5.74, 6) is 0.0124. The van der Waals surface area contributed by atoms with Gasteiger partial charge in [-0.25, -0.2) is 0 Å². The Hall–Kier alpha value is -1.86. The third kappa shape index (κ3) is 4.36. The molecular weight excluding hydrogens is 298 g/mol. The summed E-state index contributed by atoms with van der Waals surface area (Å²) in [6.07, 6.45) is 2.24. The van der Waals surface area contributed by atoms with E-state index in [-0.39, 0.29) is 11.8 Å². The van der Waals surface area contributed by atoms with Gasteiger partial charge in [0.15, 0.2) is 0 Å². The maximum Gasteiger partial charge on any atom is 0.236 e. The van der Waals surface area contributed by atoms with Crippen LogP contribution in [0.25, 0.3) is 0 Å². The summed E-state index contributed by atoms with van der Waals surface area (Å²) in [6.45, 7) is 10.7. The van der Waals surface area contributed by atoms with Gasteiger partial charge in [0.2, 0.25) is 5.91 Å². The Kier molecular flexibility index (Phi) is 6.39. The average molecular weight is 327 g/mol. The molecule has 1 heterocycles. The van der Waals surface area contributed by atoms with Crippen molar-refractivity contribution >= 4 is 5.91 Å². The number of hydrogen-bond acceptors (Lipinski definition) is 3. The van der Waals surface area contributed by atoms with Crippen molar-refractivity contribution in [1.82, 2.24) is 9.80 Å². The fourth-order valence-electron chi connectivity index (χ4n) is 3.42. The molecule has 1 saturated heterocycles. The number of likely N-dealkylation sites (tertiary alicyclic amines) is 1. The first kappa shape index (κ1) is 18.5. The number of aryl methyl sites for hydroxylation is 2. The van der Waals surface area contributed by atoms with Gasteiger partial charge in [0.1, 0.15) is 0 Å². The number of nitrogens with zero attached hydrogens (tertiary/aromatic N) is 3. The van der Waals surface area contributed by atoms with Gasteiger partial charge in [0.05, 0.1) is 18.5 Å². The lowest BCUT2D eigenvalue weighted by Crippen LogP contribution is -2.41. The number of hydrogen-bond donors (Lipinski definition) is 0. The van der Waals surface area contributed by atoms with E-state index in [0.29, 0.717) is 25.7 Å². The van der Waals surface area contributed by atoms with Crippen LogP contribution in [-0.2, 0) is 4.79 Å². The molecule has 0 bridgehead atoms. The molecule has 0 aromatic heterocycles. The van der Waals surface area contributed by atoms with E-state index in [1.165, 1.54) is 16.7 Å². The van der Waals surface area contributed by atoms with Crippen LogP contribution in [-0.4, -0.2) is 41.9 Å². The molecule has 1 aliphatic heterocycles. The maximum absolute atomic E-state index is 12.7. The molecular formula is C20H29N3O. The van der Waals surface area contributed by atoms with E-state index in [9.17, 15) is 4.79 Å². The maximum atomic E-state index is 12.7. The molecule has 4 heteroatoms. The zero-order valence-corrected chi connectivity index (χ0v) is 15.4. The van der Waals surface area contributed by atoms with Crippen molar-refractivity contribution in [3.8, 4) is 6.07 Å². The summed E-state index contributed by atoms with van der Waals surface area (Å²) in [4.78, 5) is 16.8. The number of benzene rings is 1. The van der Waals surface area contributed by atoms with Crippen LogP contribution in [0.1, 0.15) is 49.4 Å². The Morgan fingerprint density at radius 3 is 2.79 bits per heavy atom. The number of nitriles is 1. The molecule has 0 spiro atoms. The van der Waals surface area contributed by atoms with Gasteiger partial charge in [-0.1, -0.05) is 18.2 Å². The molecule has 4 nitrogen and oxygen atoms in total. The van der Waals surface area contributed by atoms with Crippen LogP contribution in [0.15, 0.2) is 18.2 Å². The molecule has 0 N–H and O–H groups in total. The predicted molar refractivity (Wildman–Crippen MR) is 96.5 cm³/mol. The lowest BCUT2D eigenvalue weighted by molar-refractivity contribution is -0.132. The summed E-state index contributed by atoms with van der Waals surface area (Å²) < 4.78 is 0. The van der Waals surface area contributed by atoms with E-state index in [4.69, 9.17) is 5.26 Å². The molecule has 0 saturated carbocycles. The quantitative estimate of drug-likeness (QED) is 0.804. The number of likely N-dealkylation sites (N-methyl/N-ethyl adjacent to an activating group) is 1. The zero-order chi connectivity index (χ0) is 17.7. The second kappa shape index (κ2) is 8.30. The van der Waals surface area contributed by atoms with Crippen LogP contribution in [0.2, 0.25) is 0 Å². The summed E-state index contributed by atoms with van der Waals surface area (Å²) >= 11 is 0. The number of rotatable bonds is 6. The van der Waals surface area contributed by atoms with Crippen molar-refractivity contribution in [3.63, 3.8) is 0 Å². The van der Waals surface area contributed by atoms with Crippen molar-refractivity contribution in [3.05, 3.63) is 34.9 Å². The average Bonchev–Trinajstić information content (AvgIpc) is 3.02. The van der Waals surface area contributed by atoms with E-state index in [1.54, 1.807) is 0 Å². The summed E-state index contributed by atoms with van der Waals surface area (Å²) in [5, 5.41) is 8.99. The van der Waals surface area contributed by atoms with Gasteiger partial charge in [-0.2, -0.15) is 5.26 Å². The van der Waals surface area contributed by atoms with Gasteiger partial charge < -0.3 is 4.90 Å². The van der Waals surface area contributed by atoms with Crippen LogP contribution in [0.3, 0.4) is 0 Å². The summed E-state index contributed by atoms with van der Waals surface area (Å²) in [5.41, 5.74) is 3.93. The van der Waals surface area contributed by atoms with E-state index < -0.39 is 0 Å². The van der Waals surface area contributed by atoms with E-state index in [2.05, 4.69) is 43.0 Å². The van der Waals surface area contributed by atoms with Gasteiger partial charge in [-0.05, 0) is 63.8 Å². The molecule has 1 aliphatic rings. The highest BCUT2D eigenvalue weighted by molar-refractivity contribution is 5.78. The van der Waals surface area contributed by atoms with Crippen molar-refractivity contribution in [2.45, 2.75) is 46.6 Å². The highest BCUT2D eigenvalue weighted by Gasteiger charge is 2.29. The van der Waals surface area contributed by atoms with E-state index in [1.807, 2.05) is 18.7 Å². The van der Waals surface area contributed by atoms with Crippen LogP contribution < -0.4 is 0 Å². The Morgan fingerprint density at radius 1 is 1.42 bits per heavy atom. The molecule has 130 valence electrons. The first-order chi connectivity index (χ1) is 11.5. The molecule has 2 unspecified atom stereocenters. The minimum Gasteiger partial charge on any atom is -0.341 e. The molecule has 1 amide bonds. The van der Waals surface area contributed by atoms with Crippen LogP contribution in [0, 0.1) is 31.1 Å². The third-order valence-corrected chi connectivity index (χ3v) is 5.07. The second-order valence-electron chi connectivity index (χ2n) is 6.93. The Balaban J connectivity index is 2.06. The topological polar surface area (TPSA) is 47.3 Å². The van der Waals surface area contributed by atoms with Gasteiger partial charge in [0, 0.05) is 19.1 Å². The smallest absolute Gasteiger partial charge is 0.236 e. The number of carbonyl (C=O) groups is 1.